The summed E-state index contributed by atoms with van der Waals surface area (Å²) in [6, 6.07) is 6.05. The lowest BCUT2D eigenvalue weighted by Crippen LogP contribution is -2.38. The molecule has 2 bridgehead atoms. The van der Waals surface area contributed by atoms with Crippen molar-refractivity contribution in [2.45, 2.75) is 25.7 Å². The van der Waals surface area contributed by atoms with Gasteiger partial charge in [0.05, 0.1) is 25.1 Å². The molecule has 0 spiro atoms. The summed E-state index contributed by atoms with van der Waals surface area (Å²) in [5.41, 5.74) is 4.69. The summed E-state index contributed by atoms with van der Waals surface area (Å²) in [6.07, 6.45) is 2.47. The van der Waals surface area contributed by atoms with Gasteiger partial charge in [-0.2, -0.15) is 5.10 Å². The van der Waals surface area contributed by atoms with Crippen LogP contribution in [-0.4, -0.2) is 37.0 Å². The zero-order chi connectivity index (χ0) is 15.1. The standard InChI is InChI=1S/C17H21N3O2/c1-3-22-13-5-4-12(10-14(13)21-2)16-17-15(18-19-16)11-6-8-20(17)9-7-11/h4-5,10-11H,3,6-9H2,1-2H3,(H,18,19). The summed E-state index contributed by atoms with van der Waals surface area (Å²) < 4.78 is 11.1. The van der Waals surface area contributed by atoms with Gasteiger partial charge in [0.1, 0.15) is 5.69 Å². The molecule has 0 saturated carbocycles. The number of nitrogens with zero attached hydrogens (tertiary/aromatic N) is 2. The van der Waals surface area contributed by atoms with Crippen LogP contribution in [0.25, 0.3) is 11.3 Å². The number of anilines is 1. The van der Waals surface area contributed by atoms with Crippen molar-refractivity contribution in [3.8, 4) is 22.8 Å². The van der Waals surface area contributed by atoms with Crippen molar-refractivity contribution in [2.75, 3.05) is 31.7 Å². The van der Waals surface area contributed by atoms with Gasteiger partial charge in [0, 0.05) is 24.6 Å². The van der Waals surface area contributed by atoms with E-state index >= 15 is 0 Å². The number of fused-ring (bicyclic) bond motifs is 2. The third kappa shape index (κ3) is 1.95. The molecule has 0 amide bonds. The molecule has 1 aromatic carbocycles. The van der Waals surface area contributed by atoms with Gasteiger partial charge in [0.15, 0.2) is 11.5 Å². The first kappa shape index (κ1) is 13.5. The first-order valence-corrected chi connectivity index (χ1v) is 7.96. The highest BCUT2D eigenvalue weighted by Gasteiger charge is 2.35. The van der Waals surface area contributed by atoms with Crippen molar-refractivity contribution >= 4 is 5.69 Å². The number of H-pyrrole nitrogens is 1. The van der Waals surface area contributed by atoms with Crippen LogP contribution in [-0.2, 0) is 0 Å². The van der Waals surface area contributed by atoms with Crippen LogP contribution < -0.4 is 14.4 Å². The van der Waals surface area contributed by atoms with E-state index in [4.69, 9.17) is 9.47 Å². The molecular formula is C17H21N3O2. The number of rotatable bonds is 4. The number of hydrogen-bond acceptors (Lipinski definition) is 4. The van der Waals surface area contributed by atoms with E-state index in [0.717, 1.165) is 35.8 Å². The van der Waals surface area contributed by atoms with Crippen molar-refractivity contribution in [2.24, 2.45) is 0 Å². The van der Waals surface area contributed by atoms with E-state index < -0.39 is 0 Å². The van der Waals surface area contributed by atoms with Gasteiger partial charge in [-0.3, -0.25) is 5.10 Å². The number of benzene rings is 1. The minimum atomic E-state index is 0.628. The Morgan fingerprint density at radius 3 is 2.82 bits per heavy atom. The predicted octanol–water partition coefficient (Wildman–Crippen LogP) is 3.18. The lowest BCUT2D eigenvalue weighted by Gasteiger charge is -2.40. The number of nitrogens with one attached hydrogen (secondary N) is 1. The average molecular weight is 299 g/mol. The second-order valence-electron chi connectivity index (χ2n) is 5.89. The summed E-state index contributed by atoms with van der Waals surface area (Å²) in [7, 11) is 1.67. The van der Waals surface area contributed by atoms with Gasteiger partial charge in [0.2, 0.25) is 0 Å². The van der Waals surface area contributed by atoms with E-state index in [0.29, 0.717) is 12.5 Å². The number of aromatic nitrogens is 2. The van der Waals surface area contributed by atoms with Crippen molar-refractivity contribution in [3.05, 3.63) is 23.9 Å². The molecule has 116 valence electrons. The van der Waals surface area contributed by atoms with Crippen LogP contribution in [0, 0.1) is 0 Å². The van der Waals surface area contributed by atoms with E-state index in [2.05, 4.69) is 21.2 Å². The van der Waals surface area contributed by atoms with Crippen LogP contribution >= 0.6 is 0 Å². The molecule has 0 unspecified atom stereocenters. The van der Waals surface area contributed by atoms with Gasteiger partial charge in [-0.25, -0.2) is 0 Å². The Bertz CT molecular complexity index is 687. The number of piperidine rings is 1. The molecule has 22 heavy (non-hydrogen) atoms. The second kappa shape index (κ2) is 5.23. The first-order valence-electron chi connectivity index (χ1n) is 7.96. The smallest absolute Gasteiger partial charge is 0.161 e. The molecule has 0 atom stereocenters. The quantitative estimate of drug-likeness (QED) is 0.942. The topological polar surface area (TPSA) is 50.4 Å². The number of ether oxygens (including phenoxy) is 2. The second-order valence-corrected chi connectivity index (χ2v) is 5.89. The summed E-state index contributed by atoms with van der Waals surface area (Å²) in [6.45, 7) is 4.88. The van der Waals surface area contributed by atoms with Crippen LogP contribution in [0.5, 0.6) is 11.5 Å². The molecule has 1 saturated heterocycles. The van der Waals surface area contributed by atoms with E-state index in [9.17, 15) is 0 Å². The van der Waals surface area contributed by atoms with Gasteiger partial charge >= 0.3 is 0 Å². The monoisotopic (exact) mass is 299 g/mol. The van der Waals surface area contributed by atoms with Gasteiger partial charge < -0.3 is 14.4 Å². The lowest BCUT2D eigenvalue weighted by molar-refractivity contribution is 0.311. The Labute approximate surface area is 130 Å². The Kier molecular flexibility index (Phi) is 3.21. The Morgan fingerprint density at radius 2 is 2.09 bits per heavy atom. The maximum atomic E-state index is 5.60. The normalized spacial score (nSPS) is 16.7. The minimum absolute atomic E-state index is 0.628. The summed E-state index contributed by atoms with van der Waals surface area (Å²) in [5.74, 6) is 2.18. The fraction of sp³-hybridized carbons (Fsp3) is 0.471. The van der Waals surface area contributed by atoms with Crippen LogP contribution in [0.3, 0.4) is 0 Å². The van der Waals surface area contributed by atoms with Crippen molar-refractivity contribution in [3.63, 3.8) is 0 Å². The molecule has 3 aliphatic rings. The fourth-order valence-corrected chi connectivity index (χ4v) is 3.64. The van der Waals surface area contributed by atoms with Gasteiger partial charge in [-0.05, 0) is 38.0 Å². The molecule has 1 fully saturated rings. The summed E-state index contributed by atoms with van der Waals surface area (Å²) in [5, 5.41) is 7.87. The highest BCUT2D eigenvalue weighted by Crippen LogP contribution is 2.46. The maximum Gasteiger partial charge on any atom is 0.161 e. The molecule has 4 heterocycles. The molecule has 5 rings (SSSR count). The zero-order valence-electron chi connectivity index (χ0n) is 13.1. The fourth-order valence-electron chi connectivity index (χ4n) is 3.64. The Balaban J connectivity index is 1.77. The average Bonchev–Trinajstić information content (AvgIpc) is 3.04. The van der Waals surface area contributed by atoms with Crippen LogP contribution in [0.4, 0.5) is 5.69 Å². The van der Waals surface area contributed by atoms with E-state index in [-0.39, 0.29) is 0 Å². The molecule has 1 N–H and O–H groups in total. The summed E-state index contributed by atoms with van der Waals surface area (Å²) >= 11 is 0. The van der Waals surface area contributed by atoms with Crippen molar-refractivity contribution in [1.82, 2.24) is 10.2 Å². The zero-order valence-corrected chi connectivity index (χ0v) is 13.1. The summed E-state index contributed by atoms with van der Waals surface area (Å²) in [4.78, 5) is 2.46. The maximum absolute atomic E-state index is 5.60. The SMILES string of the molecule is CCOc1ccc(-c2n[nH]c3c2N2CCC3CC2)cc1OC. The third-order valence-corrected chi connectivity index (χ3v) is 4.72. The van der Waals surface area contributed by atoms with Crippen molar-refractivity contribution in [1.29, 1.82) is 0 Å². The third-order valence-electron chi connectivity index (χ3n) is 4.72. The van der Waals surface area contributed by atoms with Crippen LogP contribution in [0.15, 0.2) is 18.2 Å². The first-order chi connectivity index (χ1) is 10.8. The minimum Gasteiger partial charge on any atom is -0.493 e. The molecular weight excluding hydrogens is 278 g/mol. The number of hydrogen-bond donors (Lipinski definition) is 1. The molecule has 3 aliphatic heterocycles. The Hall–Kier alpha value is -2.17. The van der Waals surface area contributed by atoms with Gasteiger partial charge in [-0.15, -0.1) is 0 Å². The lowest BCUT2D eigenvalue weighted by atomic mass is 9.86. The van der Waals surface area contributed by atoms with Crippen LogP contribution in [0.1, 0.15) is 31.4 Å². The highest BCUT2D eigenvalue weighted by atomic mass is 16.5. The molecule has 5 heteroatoms. The van der Waals surface area contributed by atoms with E-state index in [1.807, 2.05) is 19.1 Å². The van der Waals surface area contributed by atoms with Crippen LogP contribution in [0.2, 0.25) is 0 Å². The molecule has 5 nitrogen and oxygen atoms in total. The molecule has 0 aliphatic carbocycles. The molecule has 2 aromatic rings. The largest absolute Gasteiger partial charge is 0.493 e. The highest BCUT2D eigenvalue weighted by molar-refractivity contribution is 5.80. The van der Waals surface area contributed by atoms with Gasteiger partial charge in [-0.1, -0.05) is 0 Å². The van der Waals surface area contributed by atoms with E-state index in [1.165, 1.54) is 24.2 Å². The number of aromatic amines is 1. The Morgan fingerprint density at radius 1 is 1.27 bits per heavy atom. The molecule has 1 aromatic heterocycles. The van der Waals surface area contributed by atoms with Gasteiger partial charge in [0.25, 0.3) is 0 Å². The van der Waals surface area contributed by atoms with Crippen molar-refractivity contribution < 1.29 is 9.47 Å². The molecule has 0 radical (unpaired) electrons. The predicted molar refractivity (Wildman–Crippen MR) is 85.9 cm³/mol. The number of methoxy groups -OCH3 is 1. The van der Waals surface area contributed by atoms with E-state index in [1.54, 1.807) is 7.11 Å².